The van der Waals surface area contributed by atoms with E-state index in [0.29, 0.717) is 18.5 Å². The quantitative estimate of drug-likeness (QED) is 0.245. The fourth-order valence-corrected chi connectivity index (χ4v) is 1.35. The molecule has 114 valence electrons. The van der Waals surface area contributed by atoms with Crippen LogP contribution in [-0.4, -0.2) is 42.4 Å². The third-order valence-electron chi connectivity index (χ3n) is 2.37. The molecule has 0 heterocycles. The van der Waals surface area contributed by atoms with E-state index in [4.69, 9.17) is 9.84 Å². The Morgan fingerprint density at radius 2 is 2.00 bits per heavy atom. The molecule has 1 rings (SSSR count). The van der Waals surface area contributed by atoms with Crippen molar-refractivity contribution in [3.05, 3.63) is 35.9 Å². The number of hydrogen-bond donors (Lipinski definition) is 1. The molecule has 0 spiro atoms. The van der Waals surface area contributed by atoms with Gasteiger partial charge in [-0.25, -0.2) is 4.79 Å². The van der Waals surface area contributed by atoms with Gasteiger partial charge in [0.05, 0.1) is 5.56 Å². The second-order valence-corrected chi connectivity index (χ2v) is 4.09. The van der Waals surface area contributed by atoms with E-state index in [-0.39, 0.29) is 13.2 Å². The van der Waals surface area contributed by atoms with Gasteiger partial charge in [-0.3, -0.25) is 9.80 Å². The molecule has 1 N–H and O–H groups in total. The predicted octanol–water partition coefficient (Wildman–Crippen LogP) is 1.90. The number of ether oxygens (including phenoxy) is 1. The first-order valence-corrected chi connectivity index (χ1v) is 6.27. The molecular weight excluding hydrogens is 278 g/mol. The summed E-state index contributed by atoms with van der Waals surface area (Å²) in [4.78, 5) is 26.5. The van der Waals surface area contributed by atoms with Gasteiger partial charge < -0.3 is 14.7 Å². The minimum Gasteiger partial charge on any atom is -0.481 e. The number of rotatable bonds is 9. The Balaban J connectivity index is 2.14. The van der Waals surface area contributed by atoms with Crippen molar-refractivity contribution in [3.63, 3.8) is 0 Å². The molecule has 0 aliphatic rings. The number of carbonyl (C=O) groups excluding carboxylic acids is 1. The van der Waals surface area contributed by atoms with E-state index in [9.17, 15) is 9.59 Å². The van der Waals surface area contributed by atoms with Crippen LogP contribution < -0.4 is 0 Å². The summed E-state index contributed by atoms with van der Waals surface area (Å²) in [5.74, 6) is -1.37. The van der Waals surface area contributed by atoms with Crippen LogP contribution in [0.2, 0.25) is 0 Å². The zero-order valence-corrected chi connectivity index (χ0v) is 11.6. The van der Waals surface area contributed by atoms with E-state index in [1.807, 2.05) is 0 Å². The molecule has 1 aromatic rings. The van der Waals surface area contributed by atoms with Gasteiger partial charge >= 0.3 is 11.9 Å². The van der Waals surface area contributed by atoms with Gasteiger partial charge in [0.25, 0.3) is 6.79 Å². The molecule has 0 saturated heterocycles. The van der Waals surface area contributed by atoms with Crippen molar-refractivity contribution in [2.24, 2.45) is 10.5 Å². The Bertz CT molecular complexity index is 478. The molecule has 0 fully saturated rings. The Morgan fingerprint density at radius 3 is 2.67 bits per heavy atom. The molecule has 0 aromatic heterocycles. The van der Waals surface area contributed by atoms with E-state index >= 15 is 0 Å². The molecule has 0 unspecified atom stereocenters. The molecule has 8 nitrogen and oxygen atoms in total. The third-order valence-corrected chi connectivity index (χ3v) is 2.37. The minimum atomic E-state index is -0.857. The molecule has 0 saturated carbocycles. The highest BCUT2D eigenvalue weighted by Gasteiger charge is 2.05. The fourth-order valence-electron chi connectivity index (χ4n) is 1.35. The van der Waals surface area contributed by atoms with Crippen LogP contribution in [0, 0.1) is 0 Å². The average Bonchev–Trinajstić information content (AvgIpc) is 2.47. The smallest absolute Gasteiger partial charge is 0.341 e. The number of esters is 1. The molecule has 0 bridgehead atoms. The van der Waals surface area contributed by atoms with E-state index < -0.39 is 11.9 Å². The Kier molecular flexibility index (Phi) is 7.26. The van der Waals surface area contributed by atoms with Crippen LogP contribution in [0.3, 0.4) is 0 Å². The highest BCUT2D eigenvalue weighted by Crippen LogP contribution is 2.01. The lowest BCUT2D eigenvalue weighted by Gasteiger charge is -2.09. The highest BCUT2D eigenvalue weighted by molar-refractivity contribution is 5.89. The number of benzene rings is 1. The summed E-state index contributed by atoms with van der Waals surface area (Å²) >= 11 is 0. The van der Waals surface area contributed by atoms with Crippen molar-refractivity contribution >= 4 is 11.9 Å². The number of carbonyl (C=O) groups is 2. The maximum absolute atomic E-state index is 11.5. The summed E-state index contributed by atoms with van der Waals surface area (Å²) in [7, 11) is 1.63. The lowest BCUT2D eigenvalue weighted by Crippen LogP contribution is -2.13. The maximum atomic E-state index is 11.5. The van der Waals surface area contributed by atoms with Crippen LogP contribution in [-0.2, 0) is 14.4 Å². The fraction of sp³-hybridized carbons (Fsp3) is 0.385. The summed E-state index contributed by atoms with van der Waals surface area (Å²) in [5, 5.41) is 16.9. The molecule has 8 heteroatoms. The van der Waals surface area contributed by atoms with Gasteiger partial charge in [0.1, 0.15) is 0 Å². The van der Waals surface area contributed by atoms with Crippen LogP contribution >= 0.6 is 0 Å². The minimum absolute atomic E-state index is 0.0649. The van der Waals surface area contributed by atoms with Gasteiger partial charge in [-0.15, -0.1) is 0 Å². The van der Waals surface area contributed by atoms with Crippen LogP contribution in [0.1, 0.15) is 23.2 Å². The number of carboxylic acid groups (broad SMARTS) is 1. The van der Waals surface area contributed by atoms with Crippen LogP contribution in [0.15, 0.2) is 40.8 Å². The lowest BCUT2D eigenvalue weighted by atomic mass is 10.2. The summed E-state index contributed by atoms with van der Waals surface area (Å²) in [6, 6.07) is 8.49. The van der Waals surface area contributed by atoms with Gasteiger partial charge in [-0.2, -0.15) is 0 Å². The van der Waals surface area contributed by atoms with E-state index in [2.05, 4.69) is 15.3 Å². The molecule has 21 heavy (non-hydrogen) atoms. The zero-order valence-electron chi connectivity index (χ0n) is 11.6. The molecule has 0 radical (unpaired) electrons. The number of nitrogens with zero attached hydrogens (tertiary/aromatic N) is 3. The maximum Gasteiger partial charge on any atom is 0.341 e. The first-order valence-electron chi connectivity index (χ1n) is 6.27. The Morgan fingerprint density at radius 1 is 1.29 bits per heavy atom. The van der Waals surface area contributed by atoms with E-state index in [0.717, 1.165) is 0 Å². The Labute approximate surface area is 121 Å². The molecule has 0 aliphatic carbocycles. The average molecular weight is 295 g/mol. The molecular formula is C13H17N3O5. The molecule has 1 aromatic carbocycles. The first-order chi connectivity index (χ1) is 10.1. The van der Waals surface area contributed by atoms with Crippen molar-refractivity contribution in [3.8, 4) is 0 Å². The second kappa shape index (κ2) is 9.29. The molecule has 0 amide bonds. The van der Waals surface area contributed by atoms with Crippen molar-refractivity contribution in [2.45, 2.75) is 12.8 Å². The van der Waals surface area contributed by atoms with Gasteiger partial charge in [0, 0.05) is 25.3 Å². The Hall–Kier alpha value is -2.64. The van der Waals surface area contributed by atoms with Crippen LogP contribution in [0.4, 0.5) is 0 Å². The second-order valence-electron chi connectivity index (χ2n) is 4.09. The van der Waals surface area contributed by atoms with Crippen molar-refractivity contribution in [1.29, 1.82) is 0 Å². The number of aliphatic carboxylic acids is 1. The largest absolute Gasteiger partial charge is 0.481 e. The summed E-state index contributed by atoms with van der Waals surface area (Å²) in [5.41, 5.74) is 0.420. The van der Waals surface area contributed by atoms with Crippen molar-refractivity contribution in [2.75, 3.05) is 20.4 Å². The van der Waals surface area contributed by atoms with Crippen LogP contribution in [0.25, 0.3) is 0 Å². The summed E-state index contributed by atoms with van der Waals surface area (Å²) < 4.78 is 4.81. The van der Waals surface area contributed by atoms with Gasteiger partial charge in [0.2, 0.25) is 0 Å². The first kappa shape index (κ1) is 16.4. The molecule has 0 atom stereocenters. The lowest BCUT2D eigenvalue weighted by molar-refractivity contribution is -0.137. The van der Waals surface area contributed by atoms with Crippen molar-refractivity contribution in [1.82, 2.24) is 5.01 Å². The molecule has 0 aliphatic heterocycles. The van der Waals surface area contributed by atoms with E-state index in [1.165, 1.54) is 5.01 Å². The van der Waals surface area contributed by atoms with Crippen molar-refractivity contribution < 1.29 is 24.3 Å². The third kappa shape index (κ3) is 7.51. The standard InChI is InChI=1S/C13H17N3O5/c1-16(9-5-8-12(17)18)14-15-21-10-20-13(19)11-6-3-2-4-7-11/h2-4,6-7H,5,8-10H2,1H3,(H,17,18)/b15-14-. The normalized spacial score (nSPS) is 10.3. The van der Waals surface area contributed by atoms with Gasteiger partial charge in [-0.05, 0) is 23.8 Å². The van der Waals surface area contributed by atoms with Gasteiger partial charge in [0.15, 0.2) is 0 Å². The summed E-state index contributed by atoms with van der Waals surface area (Å²) in [6.45, 7) is 0.0865. The topological polar surface area (TPSA) is 101 Å². The predicted molar refractivity (Wildman–Crippen MR) is 72.2 cm³/mol. The van der Waals surface area contributed by atoms with Gasteiger partial charge in [-0.1, -0.05) is 18.2 Å². The zero-order chi connectivity index (χ0) is 15.5. The summed E-state index contributed by atoms with van der Waals surface area (Å²) in [6.07, 6.45) is 0.517. The van der Waals surface area contributed by atoms with Crippen LogP contribution in [0.5, 0.6) is 0 Å². The number of carboxylic acids is 1. The number of hydrogen-bond acceptors (Lipinski definition) is 6. The highest BCUT2D eigenvalue weighted by atomic mass is 16.8. The monoisotopic (exact) mass is 295 g/mol. The van der Waals surface area contributed by atoms with E-state index in [1.54, 1.807) is 37.4 Å². The SMILES string of the molecule is CN(CCCC(=O)O)/N=N\OCOC(=O)c1ccccc1.